The third-order valence-corrected chi connectivity index (χ3v) is 2.60. The first-order valence-corrected chi connectivity index (χ1v) is 5.68. The quantitative estimate of drug-likeness (QED) is 0.943. The Morgan fingerprint density at radius 1 is 1.28 bits per heavy atom. The zero-order valence-electron chi connectivity index (χ0n) is 9.35. The average Bonchev–Trinajstić information content (AvgIpc) is 2.35. The first-order valence-electron chi connectivity index (χ1n) is 4.89. The molecule has 0 atom stereocenters. The normalized spacial score (nSPS) is 10.2. The lowest BCUT2D eigenvalue weighted by atomic mass is 10.3. The predicted molar refractivity (Wildman–Crippen MR) is 67.2 cm³/mol. The van der Waals surface area contributed by atoms with E-state index >= 15 is 0 Å². The summed E-state index contributed by atoms with van der Waals surface area (Å²) < 4.78 is 24.4. The second-order valence-corrected chi connectivity index (χ2v) is 4.19. The Kier molecular flexibility index (Phi) is 3.61. The minimum atomic E-state index is -0.527. The molecular weight excluding hydrogens is 305 g/mol. The topological polar surface area (TPSA) is 70.3 Å². The lowest BCUT2D eigenvalue weighted by Crippen LogP contribution is -2.01. The van der Waals surface area contributed by atoms with Crippen molar-refractivity contribution < 1.29 is 13.9 Å². The second kappa shape index (κ2) is 5.18. The number of halogens is 2. The van der Waals surface area contributed by atoms with Crippen LogP contribution in [0.5, 0.6) is 17.5 Å². The molecule has 0 aliphatic heterocycles. The van der Waals surface area contributed by atoms with Crippen LogP contribution in [0, 0.1) is 5.82 Å². The van der Waals surface area contributed by atoms with E-state index in [2.05, 4.69) is 25.9 Å². The molecule has 5 nitrogen and oxygen atoms in total. The fourth-order valence-electron chi connectivity index (χ4n) is 1.27. The van der Waals surface area contributed by atoms with Crippen LogP contribution in [-0.4, -0.2) is 17.1 Å². The summed E-state index contributed by atoms with van der Waals surface area (Å²) in [7, 11) is 1.42. The molecule has 2 N–H and O–H groups in total. The number of nitrogens with zero attached hydrogens (tertiary/aromatic N) is 2. The van der Waals surface area contributed by atoms with E-state index < -0.39 is 5.82 Å². The van der Waals surface area contributed by atoms with E-state index in [1.54, 1.807) is 6.07 Å². The second-order valence-electron chi connectivity index (χ2n) is 3.28. The summed E-state index contributed by atoms with van der Waals surface area (Å²) in [5.41, 5.74) is 5.83. The van der Waals surface area contributed by atoms with Crippen molar-refractivity contribution in [2.24, 2.45) is 0 Å². The van der Waals surface area contributed by atoms with E-state index in [0.29, 0.717) is 4.47 Å². The van der Waals surface area contributed by atoms with Gasteiger partial charge in [-0.3, -0.25) is 0 Å². The fraction of sp³-hybridized carbons (Fsp3) is 0.0909. The molecule has 1 aromatic heterocycles. The van der Waals surface area contributed by atoms with Crippen molar-refractivity contribution in [2.45, 2.75) is 0 Å². The number of hydrogen-bond donors (Lipinski definition) is 1. The van der Waals surface area contributed by atoms with Crippen molar-refractivity contribution in [1.29, 1.82) is 0 Å². The molecule has 1 heterocycles. The van der Waals surface area contributed by atoms with Gasteiger partial charge in [0.2, 0.25) is 11.8 Å². The summed E-state index contributed by atoms with van der Waals surface area (Å²) in [5, 5.41) is 0. The van der Waals surface area contributed by atoms with Crippen molar-refractivity contribution in [1.82, 2.24) is 9.97 Å². The van der Waals surface area contributed by atoms with Crippen LogP contribution in [0.3, 0.4) is 0 Å². The predicted octanol–water partition coefficient (Wildman–Crippen LogP) is 2.76. The summed E-state index contributed by atoms with van der Waals surface area (Å²) in [4.78, 5) is 7.62. The van der Waals surface area contributed by atoms with Gasteiger partial charge in [0.05, 0.1) is 7.11 Å². The zero-order valence-corrected chi connectivity index (χ0v) is 10.9. The zero-order chi connectivity index (χ0) is 13.1. The molecule has 0 fully saturated rings. The minimum Gasteiger partial charge on any atom is -0.479 e. The highest BCUT2D eigenvalue weighted by atomic mass is 79.9. The van der Waals surface area contributed by atoms with Crippen LogP contribution in [0.4, 0.5) is 10.1 Å². The van der Waals surface area contributed by atoms with E-state index in [9.17, 15) is 4.39 Å². The van der Waals surface area contributed by atoms with Crippen LogP contribution in [0.15, 0.2) is 29.0 Å². The Labute approximate surface area is 111 Å². The van der Waals surface area contributed by atoms with Crippen molar-refractivity contribution in [3.8, 4) is 17.5 Å². The smallest absolute Gasteiger partial charge is 0.249 e. The Hall–Kier alpha value is -1.89. The van der Waals surface area contributed by atoms with Gasteiger partial charge in [-0.1, -0.05) is 15.9 Å². The third kappa shape index (κ3) is 2.51. The maximum absolute atomic E-state index is 13.6. The summed E-state index contributed by atoms with van der Waals surface area (Å²) >= 11 is 3.15. The van der Waals surface area contributed by atoms with Gasteiger partial charge in [0, 0.05) is 4.47 Å². The van der Waals surface area contributed by atoms with Gasteiger partial charge < -0.3 is 15.2 Å². The number of nitrogen functional groups attached to an aromatic ring is 1. The number of nitrogens with two attached hydrogens (primary N) is 1. The van der Waals surface area contributed by atoms with Gasteiger partial charge in [0.1, 0.15) is 6.33 Å². The largest absolute Gasteiger partial charge is 0.479 e. The maximum Gasteiger partial charge on any atom is 0.249 e. The number of methoxy groups -OCH3 is 1. The lowest BCUT2D eigenvalue weighted by Gasteiger charge is -2.09. The number of hydrogen-bond acceptors (Lipinski definition) is 5. The maximum atomic E-state index is 13.6. The molecule has 0 bridgehead atoms. The highest BCUT2D eigenvalue weighted by molar-refractivity contribution is 9.10. The number of ether oxygens (including phenoxy) is 2. The molecule has 0 aliphatic carbocycles. The molecule has 0 radical (unpaired) electrons. The molecular formula is C11H9BrFN3O2. The van der Waals surface area contributed by atoms with Crippen LogP contribution in [-0.2, 0) is 0 Å². The van der Waals surface area contributed by atoms with Gasteiger partial charge in [-0.25, -0.2) is 4.39 Å². The first-order chi connectivity index (χ1) is 8.61. The van der Waals surface area contributed by atoms with Crippen LogP contribution >= 0.6 is 15.9 Å². The van der Waals surface area contributed by atoms with Gasteiger partial charge in [-0.2, -0.15) is 9.97 Å². The highest BCUT2D eigenvalue weighted by Crippen LogP contribution is 2.32. The number of aromatic nitrogens is 2. The molecule has 0 unspecified atom stereocenters. The number of benzene rings is 1. The Bertz CT molecular complexity index is 580. The van der Waals surface area contributed by atoms with E-state index in [-0.39, 0.29) is 23.2 Å². The Morgan fingerprint density at radius 3 is 2.67 bits per heavy atom. The molecule has 18 heavy (non-hydrogen) atoms. The fourth-order valence-corrected chi connectivity index (χ4v) is 1.60. The highest BCUT2D eigenvalue weighted by Gasteiger charge is 2.12. The Balaban J connectivity index is 2.34. The van der Waals surface area contributed by atoms with Crippen LogP contribution in [0.2, 0.25) is 0 Å². The number of rotatable bonds is 3. The van der Waals surface area contributed by atoms with Crippen molar-refractivity contribution in [3.05, 3.63) is 34.8 Å². The molecule has 0 spiro atoms. The van der Waals surface area contributed by atoms with Crippen LogP contribution < -0.4 is 15.2 Å². The SMILES string of the molecule is COc1ncnc(Oc2ccc(Br)cc2F)c1N. The third-order valence-electron chi connectivity index (χ3n) is 2.10. The molecule has 2 aromatic rings. The van der Waals surface area contributed by atoms with Crippen LogP contribution in [0.1, 0.15) is 0 Å². The van der Waals surface area contributed by atoms with Gasteiger partial charge >= 0.3 is 0 Å². The minimum absolute atomic E-state index is 0.0191. The summed E-state index contributed by atoms with van der Waals surface area (Å²) in [6, 6.07) is 4.39. The standard InChI is InChI=1S/C11H9BrFN3O2/c1-17-10-9(14)11(16-5-15-10)18-8-3-2-6(12)4-7(8)13/h2-5H,14H2,1H3. The Morgan fingerprint density at radius 2 is 2.00 bits per heavy atom. The summed E-state index contributed by atoms with van der Waals surface area (Å²) in [6.07, 6.45) is 1.22. The van der Waals surface area contributed by atoms with E-state index in [4.69, 9.17) is 15.2 Å². The molecule has 94 valence electrons. The van der Waals surface area contributed by atoms with E-state index in [1.807, 2.05) is 0 Å². The molecule has 0 saturated heterocycles. The van der Waals surface area contributed by atoms with Crippen molar-refractivity contribution in [3.63, 3.8) is 0 Å². The first kappa shape index (κ1) is 12.6. The molecule has 0 aliphatic rings. The molecule has 1 aromatic carbocycles. The van der Waals surface area contributed by atoms with Crippen molar-refractivity contribution >= 4 is 21.6 Å². The van der Waals surface area contributed by atoms with Crippen molar-refractivity contribution in [2.75, 3.05) is 12.8 Å². The number of anilines is 1. The average molecular weight is 314 g/mol. The monoisotopic (exact) mass is 313 g/mol. The van der Waals surface area contributed by atoms with Gasteiger partial charge in [0.15, 0.2) is 17.3 Å². The molecule has 0 amide bonds. The van der Waals surface area contributed by atoms with E-state index in [1.165, 1.54) is 25.6 Å². The molecule has 7 heteroatoms. The summed E-state index contributed by atoms with van der Waals surface area (Å²) in [6.45, 7) is 0. The molecule has 0 saturated carbocycles. The summed E-state index contributed by atoms with van der Waals surface area (Å²) in [5.74, 6) is -0.285. The van der Waals surface area contributed by atoms with Crippen LogP contribution in [0.25, 0.3) is 0 Å². The van der Waals surface area contributed by atoms with Gasteiger partial charge in [0.25, 0.3) is 0 Å². The molecule has 2 rings (SSSR count). The van der Waals surface area contributed by atoms with E-state index in [0.717, 1.165) is 0 Å². The lowest BCUT2D eigenvalue weighted by molar-refractivity contribution is 0.387. The van der Waals surface area contributed by atoms with Gasteiger partial charge in [-0.15, -0.1) is 0 Å². The van der Waals surface area contributed by atoms with Gasteiger partial charge in [-0.05, 0) is 18.2 Å².